The van der Waals surface area contributed by atoms with Crippen LogP contribution in [0.5, 0.6) is 17.2 Å². The minimum Gasteiger partial charge on any atom is -0.489 e. The van der Waals surface area contributed by atoms with Crippen molar-refractivity contribution in [2.24, 2.45) is 5.73 Å². The van der Waals surface area contributed by atoms with Crippen molar-refractivity contribution in [2.45, 2.75) is 30.4 Å². The van der Waals surface area contributed by atoms with Gasteiger partial charge in [0.1, 0.15) is 24.1 Å². The highest BCUT2D eigenvalue weighted by Gasteiger charge is 2.27. The largest absolute Gasteiger partial charge is 0.489 e. The Morgan fingerprint density at radius 3 is 2.23 bits per heavy atom. The van der Waals surface area contributed by atoms with Gasteiger partial charge in [-0.3, -0.25) is 15.4 Å². The zero-order valence-corrected chi connectivity index (χ0v) is 21.3. The van der Waals surface area contributed by atoms with Crippen molar-refractivity contribution in [3.63, 3.8) is 0 Å². The molecule has 3 rings (SSSR count). The summed E-state index contributed by atoms with van der Waals surface area (Å²) in [5.41, 5.74) is 7.45. The van der Waals surface area contributed by atoms with Crippen LogP contribution in [0.2, 0.25) is 0 Å². The Balaban J connectivity index is 1.68. The number of hydroxylamine groups is 1. The molecule has 0 aromatic heterocycles. The molecule has 0 bridgehead atoms. The average Bonchev–Trinajstić information content (AvgIpc) is 2.91. The number of nitrogens with one attached hydrogen (secondary N) is 4. The van der Waals surface area contributed by atoms with Crippen molar-refractivity contribution in [3.8, 4) is 17.2 Å². The zero-order valence-electron chi connectivity index (χ0n) is 20.5. The van der Waals surface area contributed by atoms with Crippen molar-refractivity contribution in [2.75, 3.05) is 6.54 Å². The molecule has 0 radical (unpaired) electrons. The summed E-state index contributed by atoms with van der Waals surface area (Å²) in [5, 5.41) is 18.5. The van der Waals surface area contributed by atoms with E-state index in [1.807, 2.05) is 35.1 Å². The van der Waals surface area contributed by atoms with Gasteiger partial charge in [0.15, 0.2) is 23.3 Å². The van der Waals surface area contributed by atoms with Gasteiger partial charge >= 0.3 is 0 Å². The summed E-state index contributed by atoms with van der Waals surface area (Å²) in [6, 6.07) is 15.0. The summed E-state index contributed by atoms with van der Waals surface area (Å²) < 4.78 is 68.0. The molecule has 1 atom stereocenters. The van der Waals surface area contributed by atoms with Crippen molar-refractivity contribution >= 4 is 21.9 Å². The maximum absolute atomic E-state index is 14.8. The highest BCUT2D eigenvalue weighted by Crippen LogP contribution is 2.31. The molecule has 3 aromatic carbocycles. The number of amides is 1. The van der Waals surface area contributed by atoms with E-state index in [0.717, 1.165) is 5.56 Å². The first-order valence-corrected chi connectivity index (χ1v) is 13.0. The number of carbonyl (C=O) groups excluding carboxylic acids is 1. The molecule has 1 amide bonds. The molecule has 0 heterocycles. The highest BCUT2D eigenvalue weighted by molar-refractivity contribution is 7.89. The molecular formula is C25H27F2N5O6S. The van der Waals surface area contributed by atoms with Crippen molar-refractivity contribution in [1.82, 2.24) is 15.5 Å². The molecular weight excluding hydrogens is 536 g/mol. The second-order valence-corrected chi connectivity index (χ2v) is 9.91. The molecule has 0 saturated heterocycles. The van der Waals surface area contributed by atoms with Crippen LogP contribution >= 0.6 is 0 Å². The number of sulfonamides is 1. The molecule has 0 spiro atoms. The molecule has 11 nitrogen and oxygen atoms in total. The molecule has 208 valence electrons. The van der Waals surface area contributed by atoms with E-state index in [0.29, 0.717) is 24.5 Å². The molecule has 3 aromatic rings. The topological polar surface area (TPSA) is 176 Å². The number of hydrogen-bond donors (Lipinski definition) is 6. The first-order valence-electron chi connectivity index (χ1n) is 11.6. The Labute approximate surface area is 223 Å². The van der Waals surface area contributed by atoms with E-state index >= 15 is 0 Å². The summed E-state index contributed by atoms with van der Waals surface area (Å²) in [6.07, 6.45) is 0.0505. The van der Waals surface area contributed by atoms with Crippen molar-refractivity contribution in [1.29, 1.82) is 5.41 Å². The van der Waals surface area contributed by atoms with Crippen molar-refractivity contribution in [3.05, 3.63) is 83.9 Å². The van der Waals surface area contributed by atoms with E-state index in [4.69, 9.17) is 25.8 Å². The van der Waals surface area contributed by atoms with Gasteiger partial charge in [0.05, 0.1) is 4.90 Å². The van der Waals surface area contributed by atoms with Crippen LogP contribution in [0.3, 0.4) is 0 Å². The normalized spacial score (nSPS) is 11.9. The predicted molar refractivity (Wildman–Crippen MR) is 137 cm³/mol. The van der Waals surface area contributed by atoms with Crippen LogP contribution in [-0.2, 0) is 21.4 Å². The fourth-order valence-electron chi connectivity index (χ4n) is 3.36. The highest BCUT2D eigenvalue weighted by atomic mass is 32.2. The van der Waals surface area contributed by atoms with Crippen LogP contribution < -0.4 is 30.7 Å². The van der Waals surface area contributed by atoms with Crippen molar-refractivity contribution < 1.29 is 36.7 Å². The van der Waals surface area contributed by atoms with Crippen LogP contribution in [0.25, 0.3) is 0 Å². The van der Waals surface area contributed by atoms with E-state index in [1.165, 1.54) is 17.6 Å². The van der Waals surface area contributed by atoms with Gasteiger partial charge in [-0.05, 0) is 54.8 Å². The summed E-state index contributed by atoms with van der Waals surface area (Å²) in [5.74, 6) is -4.25. The third-order valence-electron chi connectivity index (χ3n) is 5.28. The second-order valence-electron chi connectivity index (χ2n) is 8.20. The fourth-order valence-corrected chi connectivity index (χ4v) is 4.61. The summed E-state index contributed by atoms with van der Waals surface area (Å²) in [7, 11) is -4.60. The smallest absolute Gasteiger partial charge is 0.261 e. The summed E-state index contributed by atoms with van der Waals surface area (Å²) in [6.45, 7) is 0.464. The lowest BCUT2D eigenvalue weighted by Crippen LogP contribution is -2.46. The Bertz CT molecular complexity index is 1370. The fraction of sp³-hybridized carbons (Fsp3) is 0.200. The van der Waals surface area contributed by atoms with E-state index in [9.17, 15) is 22.0 Å². The van der Waals surface area contributed by atoms with E-state index < -0.39 is 44.3 Å². The van der Waals surface area contributed by atoms with Gasteiger partial charge in [-0.15, -0.1) is 0 Å². The Morgan fingerprint density at radius 1 is 1.03 bits per heavy atom. The monoisotopic (exact) mass is 563 g/mol. The Morgan fingerprint density at radius 2 is 1.64 bits per heavy atom. The lowest BCUT2D eigenvalue weighted by atomic mass is 10.1. The lowest BCUT2D eigenvalue weighted by molar-refractivity contribution is -0.131. The number of benzene rings is 3. The molecule has 14 heteroatoms. The van der Waals surface area contributed by atoms with Crippen LogP contribution in [0.15, 0.2) is 71.6 Å². The van der Waals surface area contributed by atoms with E-state index in [1.54, 1.807) is 12.1 Å². The summed E-state index contributed by atoms with van der Waals surface area (Å²) in [4.78, 5) is 11.1. The van der Waals surface area contributed by atoms with Crippen LogP contribution in [0.4, 0.5) is 8.78 Å². The Hall–Kier alpha value is -4.27. The van der Waals surface area contributed by atoms with Gasteiger partial charge in [-0.25, -0.2) is 22.7 Å². The molecule has 7 N–H and O–H groups in total. The minimum absolute atomic E-state index is 0.0763. The molecule has 0 aliphatic rings. The quantitative estimate of drug-likeness (QED) is 0.0605. The molecule has 0 fully saturated rings. The molecule has 0 aliphatic heterocycles. The standard InChI is InChI=1S/C25H27F2N5O6S/c26-20-13-19(39(35,36)32-22(24(33)31-34)7-4-12-30-25(28)29)14-21(27)23(20)38-18-10-8-17(9-11-18)37-15-16-5-2-1-3-6-16/h1-3,5-6,8-11,13-14,22,32,34H,4,7,12,15H2,(H,31,33)(H4,28,29,30). The van der Waals surface area contributed by atoms with Crippen LogP contribution in [0.1, 0.15) is 18.4 Å². The predicted octanol–water partition coefficient (Wildman–Crippen LogP) is 2.75. The molecule has 0 saturated carbocycles. The van der Waals surface area contributed by atoms with Gasteiger partial charge in [0.2, 0.25) is 10.0 Å². The maximum Gasteiger partial charge on any atom is 0.261 e. The molecule has 1 unspecified atom stereocenters. The first-order chi connectivity index (χ1) is 18.6. The maximum atomic E-state index is 14.8. The number of ether oxygens (including phenoxy) is 2. The summed E-state index contributed by atoms with van der Waals surface area (Å²) >= 11 is 0. The molecule has 39 heavy (non-hydrogen) atoms. The zero-order chi connectivity index (χ0) is 28.4. The van der Waals surface area contributed by atoms with E-state index in [2.05, 4.69) is 5.32 Å². The number of nitrogens with two attached hydrogens (primary N) is 1. The second kappa shape index (κ2) is 13.5. The van der Waals surface area contributed by atoms with Crippen LogP contribution in [0, 0.1) is 17.0 Å². The van der Waals surface area contributed by atoms with Gasteiger partial charge in [0.25, 0.3) is 5.91 Å². The number of rotatable bonds is 13. The minimum atomic E-state index is -4.60. The number of carbonyl (C=O) groups is 1. The van der Waals surface area contributed by atoms with Gasteiger partial charge in [-0.1, -0.05) is 30.3 Å². The van der Waals surface area contributed by atoms with Gasteiger partial charge in [0, 0.05) is 6.54 Å². The van der Waals surface area contributed by atoms with Gasteiger partial charge < -0.3 is 20.5 Å². The van der Waals surface area contributed by atoms with Crippen LogP contribution in [-0.4, -0.2) is 38.1 Å². The third-order valence-corrected chi connectivity index (χ3v) is 6.73. The van der Waals surface area contributed by atoms with Gasteiger partial charge in [-0.2, -0.15) is 4.72 Å². The number of hydrogen-bond acceptors (Lipinski definition) is 7. The Kier molecular flexibility index (Phi) is 10.1. The molecule has 0 aliphatic carbocycles. The number of halogens is 2. The average molecular weight is 564 g/mol. The van der Waals surface area contributed by atoms with E-state index in [-0.39, 0.29) is 31.1 Å². The third kappa shape index (κ3) is 8.63. The SMILES string of the molecule is N=C(N)NCCCC(NS(=O)(=O)c1cc(F)c(Oc2ccc(OCc3ccccc3)cc2)c(F)c1)C(=O)NO. The number of guanidine groups is 1. The first kappa shape index (κ1) is 29.3. The lowest BCUT2D eigenvalue weighted by Gasteiger charge is -2.17.